The van der Waals surface area contributed by atoms with Gasteiger partial charge in [-0.1, -0.05) is 6.07 Å². The Hall–Kier alpha value is -1.42. The summed E-state index contributed by atoms with van der Waals surface area (Å²) in [6.45, 7) is 5.98. The molecule has 1 saturated heterocycles. The lowest BCUT2D eigenvalue weighted by atomic mass is 10.0. The first kappa shape index (κ1) is 12.0. The second-order valence-corrected chi connectivity index (χ2v) is 4.94. The predicted molar refractivity (Wildman–Crippen MR) is 66.3 cm³/mol. The Kier molecular flexibility index (Phi) is 3.15. The van der Waals surface area contributed by atoms with Crippen molar-refractivity contribution in [1.29, 1.82) is 0 Å². The zero-order chi connectivity index (χ0) is 12.6. The van der Waals surface area contributed by atoms with Gasteiger partial charge in [0.05, 0.1) is 6.04 Å². The lowest BCUT2D eigenvalue weighted by Gasteiger charge is -2.30. The van der Waals surface area contributed by atoms with Crippen LogP contribution in [0, 0.1) is 6.92 Å². The van der Waals surface area contributed by atoms with Gasteiger partial charge in [-0.15, -0.1) is 0 Å². The van der Waals surface area contributed by atoms with Crippen LogP contribution in [0.5, 0.6) is 0 Å². The Morgan fingerprint density at radius 1 is 1.47 bits per heavy atom. The molecule has 1 fully saturated rings. The number of hydrogen-bond acceptors (Lipinski definition) is 3. The molecule has 1 aliphatic rings. The molecule has 0 bridgehead atoms. The Labute approximate surface area is 102 Å². The average molecular weight is 233 g/mol. The largest absolute Gasteiger partial charge is 0.332 e. The molecule has 0 radical (unpaired) electrons. The fourth-order valence-corrected chi connectivity index (χ4v) is 2.45. The molecular formula is C13H19N3O. The third-order valence-corrected chi connectivity index (χ3v) is 3.24. The third-order valence-electron chi connectivity index (χ3n) is 3.24. The van der Waals surface area contributed by atoms with Gasteiger partial charge < -0.3 is 10.6 Å². The quantitative estimate of drug-likeness (QED) is 0.840. The van der Waals surface area contributed by atoms with E-state index in [1.165, 1.54) is 0 Å². The van der Waals surface area contributed by atoms with Crippen molar-refractivity contribution in [2.45, 2.75) is 45.3 Å². The molecule has 2 rings (SSSR count). The van der Waals surface area contributed by atoms with Gasteiger partial charge in [-0.2, -0.15) is 0 Å². The summed E-state index contributed by atoms with van der Waals surface area (Å²) >= 11 is 0. The monoisotopic (exact) mass is 233 g/mol. The first-order valence-electron chi connectivity index (χ1n) is 6.00. The molecule has 0 aliphatic carbocycles. The summed E-state index contributed by atoms with van der Waals surface area (Å²) in [5, 5.41) is 0. The van der Waals surface area contributed by atoms with Gasteiger partial charge in [-0.3, -0.25) is 9.78 Å². The third kappa shape index (κ3) is 2.17. The van der Waals surface area contributed by atoms with Crippen LogP contribution < -0.4 is 5.73 Å². The highest BCUT2D eigenvalue weighted by Gasteiger charge is 2.39. The van der Waals surface area contributed by atoms with E-state index in [1.807, 2.05) is 44.0 Å². The van der Waals surface area contributed by atoms with E-state index in [9.17, 15) is 4.79 Å². The second kappa shape index (κ2) is 4.45. The summed E-state index contributed by atoms with van der Waals surface area (Å²) in [5.74, 6) is 0.137. The van der Waals surface area contributed by atoms with E-state index in [2.05, 4.69) is 4.98 Å². The molecular weight excluding hydrogens is 214 g/mol. The highest BCUT2D eigenvalue weighted by molar-refractivity contribution is 5.80. The topological polar surface area (TPSA) is 59.2 Å². The standard InChI is InChI=1S/C13H19N3O/c1-8(2)16-12(17)6-11(14)13(16)10-5-4-9(3)15-7-10/h4-5,7-8,11,13H,6,14H2,1-3H3/t11-,13+/m1/s1. The Morgan fingerprint density at radius 3 is 2.71 bits per heavy atom. The molecule has 92 valence electrons. The molecule has 0 aromatic carbocycles. The van der Waals surface area contributed by atoms with Crippen LogP contribution in [0.2, 0.25) is 0 Å². The van der Waals surface area contributed by atoms with E-state index >= 15 is 0 Å². The molecule has 17 heavy (non-hydrogen) atoms. The summed E-state index contributed by atoms with van der Waals surface area (Å²) in [6.07, 6.45) is 2.25. The van der Waals surface area contributed by atoms with Gasteiger partial charge >= 0.3 is 0 Å². The second-order valence-electron chi connectivity index (χ2n) is 4.94. The summed E-state index contributed by atoms with van der Waals surface area (Å²) in [6, 6.07) is 3.98. The number of aryl methyl sites for hydroxylation is 1. The summed E-state index contributed by atoms with van der Waals surface area (Å²) < 4.78 is 0. The first-order chi connectivity index (χ1) is 8.00. The van der Waals surface area contributed by atoms with Crippen LogP contribution >= 0.6 is 0 Å². The number of nitrogens with zero attached hydrogens (tertiary/aromatic N) is 2. The van der Waals surface area contributed by atoms with Crippen molar-refractivity contribution in [2.24, 2.45) is 5.73 Å². The van der Waals surface area contributed by atoms with Gasteiger partial charge in [0.25, 0.3) is 0 Å². The van der Waals surface area contributed by atoms with Crippen molar-refractivity contribution in [2.75, 3.05) is 0 Å². The molecule has 4 nitrogen and oxygen atoms in total. The molecule has 1 aliphatic heterocycles. The van der Waals surface area contributed by atoms with Crippen molar-refractivity contribution in [1.82, 2.24) is 9.88 Å². The number of hydrogen-bond donors (Lipinski definition) is 1. The number of rotatable bonds is 2. The maximum Gasteiger partial charge on any atom is 0.225 e. The van der Waals surface area contributed by atoms with Gasteiger partial charge in [0.1, 0.15) is 0 Å². The molecule has 4 heteroatoms. The van der Waals surface area contributed by atoms with Gasteiger partial charge in [0.2, 0.25) is 5.91 Å². The maximum absolute atomic E-state index is 11.9. The van der Waals surface area contributed by atoms with Gasteiger partial charge in [0, 0.05) is 30.4 Å². The number of pyridine rings is 1. The summed E-state index contributed by atoms with van der Waals surface area (Å²) in [4.78, 5) is 18.1. The number of carbonyl (C=O) groups is 1. The summed E-state index contributed by atoms with van der Waals surface area (Å²) in [7, 11) is 0. The molecule has 2 N–H and O–H groups in total. The van der Waals surface area contributed by atoms with Crippen LogP contribution in [-0.4, -0.2) is 27.9 Å². The number of aromatic nitrogens is 1. The van der Waals surface area contributed by atoms with E-state index in [-0.39, 0.29) is 24.0 Å². The van der Waals surface area contributed by atoms with Crippen LogP contribution in [0.3, 0.4) is 0 Å². The highest BCUT2D eigenvalue weighted by atomic mass is 16.2. The fraction of sp³-hybridized carbons (Fsp3) is 0.538. The minimum Gasteiger partial charge on any atom is -0.332 e. The zero-order valence-electron chi connectivity index (χ0n) is 10.6. The molecule has 1 aromatic rings. The molecule has 0 unspecified atom stereocenters. The number of nitrogens with two attached hydrogens (primary N) is 1. The predicted octanol–water partition coefficient (Wildman–Crippen LogP) is 1.40. The zero-order valence-corrected chi connectivity index (χ0v) is 10.6. The Balaban J connectivity index is 2.34. The highest BCUT2D eigenvalue weighted by Crippen LogP contribution is 2.33. The molecule has 2 atom stereocenters. The molecule has 1 amide bonds. The van der Waals surface area contributed by atoms with Gasteiger partial charge in [-0.25, -0.2) is 0 Å². The van der Waals surface area contributed by atoms with Gasteiger partial charge in [-0.05, 0) is 32.4 Å². The number of amides is 1. The normalized spacial score (nSPS) is 24.8. The molecule has 0 saturated carbocycles. The van der Waals surface area contributed by atoms with Crippen molar-refractivity contribution < 1.29 is 4.79 Å². The van der Waals surface area contributed by atoms with Gasteiger partial charge in [0.15, 0.2) is 0 Å². The van der Waals surface area contributed by atoms with E-state index in [1.54, 1.807) is 0 Å². The fourth-order valence-electron chi connectivity index (χ4n) is 2.45. The SMILES string of the molecule is Cc1ccc([C@H]2[C@H](N)CC(=O)N2C(C)C)cn1. The van der Waals surface area contributed by atoms with E-state index in [0.717, 1.165) is 11.3 Å². The lowest BCUT2D eigenvalue weighted by Crippen LogP contribution is -2.37. The number of likely N-dealkylation sites (tertiary alicyclic amines) is 1. The minimum atomic E-state index is -0.130. The number of carbonyl (C=O) groups excluding carboxylic acids is 1. The lowest BCUT2D eigenvalue weighted by molar-refractivity contribution is -0.130. The molecule has 2 heterocycles. The average Bonchev–Trinajstić information content (AvgIpc) is 2.55. The van der Waals surface area contributed by atoms with Crippen molar-refractivity contribution >= 4 is 5.91 Å². The maximum atomic E-state index is 11.9. The van der Waals surface area contributed by atoms with Crippen molar-refractivity contribution in [3.05, 3.63) is 29.6 Å². The van der Waals surface area contributed by atoms with Crippen molar-refractivity contribution in [3.8, 4) is 0 Å². The summed E-state index contributed by atoms with van der Waals surface area (Å²) in [5.41, 5.74) is 8.08. The van der Waals surface area contributed by atoms with Crippen LogP contribution in [0.4, 0.5) is 0 Å². The van der Waals surface area contributed by atoms with Crippen molar-refractivity contribution in [3.63, 3.8) is 0 Å². The minimum absolute atomic E-state index is 0.0319. The van der Waals surface area contributed by atoms with Crippen LogP contribution in [-0.2, 0) is 4.79 Å². The Morgan fingerprint density at radius 2 is 2.18 bits per heavy atom. The van der Waals surface area contributed by atoms with Crippen LogP contribution in [0.1, 0.15) is 37.6 Å². The molecule has 0 spiro atoms. The van der Waals surface area contributed by atoms with Crippen LogP contribution in [0.25, 0.3) is 0 Å². The smallest absolute Gasteiger partial charge is 0.225 e. The Bertz CT molecular complexity index is 413. The first-order valence-corrected chi connectivity index (χ1v) is 6.00. The van der Waals surface area contributed by atoms with E-state index < -0.39 is 0 Å². The van der Waals surface area contributed by atoms with E-state index in [4.69, 9.17) is 5.73 Å². The van der Waals surface area contributed by atoms with E-state index in [0.29, 0.717) is 6.42 Å². The van der Waals surface area contributed by atoms with Crippen LogP contribution in [0.15, 0.2) is 18.3 Å². The molecule has 1 aromatic heterocycles.